The quantitative estimate of drug-likeness (QED) is 0.0262. The van der Waals surface area contributed by atoms with Gasteiger partial charge in [-0.05, 0) is 70.6 Å². The Balaban J connectivity index is 4.26. The monoisotopic (exact) mass is 915 g/mol. The molecule has 0 amide bonds. The van der Waals surface area contributed by atoms with E-state index in [1.165, 1.54) is 212 Å². The number of hydrogen-bond acceptors (Lipinski definition) is 6. The minimum absolute atomic E-state index is 0.0713. The molecule has 0 aromatic carbocycles. The zero-order valence-electron chi connectivity index (χ0n) is 43.8. The molecule has 0 heterocycles. The Hall–Kier alpha value is -2.11. The highest BCUT2D eigenvalue weighted by Crippen LogP contribution is 2.16. The Morgan fingerprint density at radius 1 is 0.292 bits per heavy atom. The standard InChI is InChI=1S/C59H110O6/c1-4-7-10-13-16-19-22-24-26-28-29-30-31-32-34-35-37-40-43-46-49-52-58(61)64-55-56(54-63-57(60)51-48-45-42-39-21-18-15-12-9-6-3)65-59(62)53-50-47-44-41-38-36-33-27-25-23-20-17-14-11-8-5-2/h27-29,33,56H,4-26,30-32,34-55H2,1-3H3/b29-28-,33-27-. The maximum atomic E-state index is 12.8. The first kappa shape index (κ1) is 62.9. The van der Waals surface area contributed by atoms with Crippen molar-refractivity contribution in [3.05, 3.63) is 24.3 Å². The molecule has 0 saturated heterocycles. The van der Waals surface area contributed by atoms with Gasteiger partial charge in [0, 0.05) is 19.3 Å². The van der Waals surface area contributed by atoms with Gasteiger partial charge in [-0.1, -0.05) is 251 Å². The number of carbonyl (C=O) groups is 3. The van der Waals surface area contributed by atoms with E-state index in [9.17, 15) is 14.4 Å². The van der Waals surface area contributed by atoms with Gasteiger partial charge in [0.2, 0.25) is 0 Å². The van der Waals surface area contributed by atoms with Crippen LogP contribution in [0.3, 0.4) is 0 Å². The lowest BCUT2D eigenvalue weighted by Crippen LogP contribution is -2.30. The first-order valence-corrected chi connectivity index (χ1v) is 28.8. The summed E-state index contributed by atoms with van der Waals surface area (Å²) in [5, 5.41) is 0. The van der Waals surface area contributed by atoms with E-state index >= 15 is 0 Å². The molecule has 0 aliphatic rings. The third kappa shape index (κ3) is 52.7. The summed E-state index contributed by atoms with van der Waals surface area (Å²) in [6, 6.07) is 0. The SMILES string of the molecule is CCCCCCCCC/C=C\CCCCCCCC(=O)OC(COC(=O)CCCCCCCCCCCC)COC(=O)CCCCCCCCCCC/C=C\CCCCCCCCCC. The van der Waals surface area contributed by atoms with Crippen LogP contribution in [0.15, 0.2) is 24.3 Å². The summed E-state index contributed by atoms with van der Waals surface area (Å²) in [5.41, 5.74) is 0. The third-order valence-electron chi connectivity index (χ3n) is 12.9. The van der Waals surface area contributed by atoms with Gasteiger partial charge in [-0.25, -0.2) is 0 Å². The summed E-state index contributed by atoms with van der Waals surface area (Å²) in [6.07, 6.45) is 63.2. The van der Waals surface area contributed by atoms with Gasteiger partial charge in [-0.3, -0.25) is 14.4 Å². The number of allylic oxidation sites excluding steroid dienone is 4. The Morgan fingerprint density at radius 2 is 0.508 bits per heavy atom. The first-order valence-electron chi connectivity index (χ1n) is 28.8. The molecule has 65 heavy (non-hydrogen) atoms. The van der Waals surface area contributed by atoms with Gasteiger partial charge in [-0.15, -0.1) is 0 Å². The molecule has 6 heteroatoms. The third-order valence-corrected chi connectivity index (χ3v) is 12.9. The zero-order chi connectivity index (χ0) is 47.2. The fourth-order valence-electron chi connectivity index (χ4n) is 8.55. The lowest BCUT2D eigenvalue weighted by atomic mass is 10.1. The topological polar surface area (TPSA) is 78.9 Å². The van der Waals surface area contributed by atoms with Crippen molar-refractivity contribution in [1.29, 1.82) is 0 Å². The summed E-state index contributed by atoms with van der Waals surface area (Å²) in [5.74, 6) is -0.866. The largest absolute Gasteiger partial charge is 0.462 e. The number of rotatable bonds is 53. The van der Waals surface area contributed by atoms with Crippen molar-refractivity contribution in [2.24, 2.45) is 0 Å². The number of esters is 3. The van der Waals surface area contributed by atoms with Gasteiger partial charge >= 0.3 is 17.9 Å². The van der Waals surface area contributed by atoms with Crippen LogP contribution in [0, 0.1) is 0 Å². The van der Waals surface area contributed by atoms with Crippen molar-refractivity contribution < 1.29 is 28.6 Å². The second-order valence-corrected chi connectivity index (χ2v) is 19.6. The summed E-state index contributed by atoms with van der Waals surface area (Å²) in [4.78, 5) is 38.0. The molecule has 0 aromatic heterocycles. The molecule has 0 N–H and O–H groups in total. The van der Waals surface area contributed by atoms with Gasteiger partial charge in [0.25, 0.3) is 0 Å². The molecule has 0 aliphatic heterocycles. The van der Waals surface area contributed by atoms with Gasteiger partial charge < -0.3 is 14.2 Å². The van der Waals surface area contributed by atoms with E-state index < -0.39 is 6.10 Å². The van der Waals surface area contributed by atoms with Crippen molar-refractivity contribution in [3.63, 3.8) is 0 Å². The average Bonchev–Trinajstić information content (AvgIpc) is 3.30. The molecule has 0 rings (SSSR count). The van der Waals surface area contributed by atoms with E-state index in [1.54, 1.807) is 0 Å². The molecule has 1 unspecified atom stereocenters. The fraction of sp³-hybridized carbons (Fsp3) is 0.881. The second-order valence-electron chi connectivity index (χ2n) is 19.6. The van der Waals surface area contributed by atoms with Crippen LogP contribution in [0.5, 0.6) is 0 Å². The molecule has 0 aliphatic carbocycles. The molecule has 0 aromatic rings. The molecule has 0 saturated carbocycles. The number of ether oxygens (including phenoxy) is 3. The molecule has 6 nitrogen and oxygen atoms in total. The van der Waals surface area contributed by atoms with Crippen molar-refractivity contribution >= 4 is 17.9 Å². The maximum absolute atomic E-state index is 12.8. The summed E-state index contributed by atoms with van der Waals surface area (Å²) < 4.78 is 16.8. The van der Waals surface area contributed by atoms with Crippen LogP contribution in [0.2, 0.25) is 0 Å². The van der Waals surface area contributed by atoms with E-state index in [2.05, 4.69) is 45.1 Å². The maximum Gasteiger partial charge on any atom is 0.306 e. The molecule has 0 radical (unpaired) electrons. The van der Waals surface area contributed by atoms with Crippen LogP contribution in [-0.4, -0.2) is 37.2 Å². The van der Waals surface area contributed by atoms with Crippen molar-refractivity contribution in [1.82, 2.24) is 0 Å². The number of unbranched alkanes of at least 4 members (excludes halogenated alkanes) is 38. The molecular weight excluding hydrogens is 805 g/mol. The lowest BCUT2D eigenvalue weighted by Gasteiger charge is -2.18. The molecule has 0 bridgehead atoms. The highest BCUT2D eigenvalue weighted by Gasteiger charge is 2.19. The van der Waals surface area contributed by atoms with Gasteiger partial charge in [-0.2, -0.15) is 0 Å². The van der Waals surface area contributed by atoms with Gasteiger partial charge in [0.05, 0.1) is 0 Å². The Morgan fingerprint density at radius 3 is 0.769 bits per heavy atom. The Kier molecular flexibility index (Phi) is 52.7. The summed E-state index contributed by atoms with van der Waals surface area (Å²) in [6.45, 7) is 6.66. The van der Waals surface area contributed by atoms with E-state index in [-0.39, 0.29) is 31.1 Å². The van der Waals surface area contributed by atoms with Gasteiger partial charge in [0.15, 0.2) is 6.10 Å². The minimum Gasteiger partial charge on any atom is -0.462 e. The molecular formula is C59H110O6. The number of carbonyl (C=O) groups excluding carboxylic acids is 3. The highest BCUT2D eigenvalue weighted by atomic mass is 16.6. The van der Waals surface area contributed by atoms with Crippen molar-refractivity contribution in [2.45, 2.75) is 322 Å². The zero-order valence-corrected chi connectivity index (χ0v) is 43.8. The van der Waals surface area contributed by atoms with E-state index in [0.29, 0.717) is 19.3 Å². The molecule has 0 spiro atoms. The molecule has 1 atom stereocenters. The average molecular weight is 916 g/mol. The van der Waals surface area contributed by atoms with Crippen molar-refractivity contribution in [3.8, 4) is 0 Å². The summed E-state index contributed by atoms with van der Waals surface area (Å²) in [7, 11) is 0. The van der Waals surface area contributed by atoms with Crippen LogP contribution in [0.1, 0.15) is 316 Å². The fourth-order valence-corrected chi connectivity index (χ4v) is 8.55. The van der Waals surface area contributed by atoms with E-state index in [0.717, 1.165) is 64.2 Å². The molecule has 382 valence electrons. The Labute approximate surface area is 404 Å². The van der Waals surface area contributed by atoms with E-state index in [1.807, 2.05) is 0 Å². The minimum atomic E-state index is -0.772. The van der Waals surface area contributed by atoms with Crippen LogP contribution >= 0.6 is 0 Å². The lowest BCUT2D eigenvalue weighted by molar-refractivity contribution is -0.167. The van der Waals surface area contributed by atoms with Crippen LogP contribution in [0.4, 0.5) is 0 Å². The first-order chi connectivity index (χ1) is 32.0. The van der Waals surface area contributed by atoms with Gasteiger partial charge in [0.1, 0.15) is 13.2 Å². The Bertz CT molecular complexity index is 1050. The second kappa shape index (κ2) is 54.5. The smallest absolute Gasteiger partial charge is 0.306 e. The van der Waals surface area contributed by atoms with Crippen LogP contribution in [-0.2, 0) is 28.6 Å². The number of hydrogen-bond donors (Lipinski definition) is 0. The highest BCUT2D eigenvalue weighted by molar-refractivity contribution is 5.71. The van der Waals surface area contributed by atoms with Crippen molar-refractivity contribution in [2.75, 3.05) is 13.2 Å². The molecule has 0 fully saturated rings. The van der Waals surface area contributed by atoms with E-state index in [4.69, 9.17) is 14.2 Å². The predicted octanol–water partition coefficient (Wildman–Crippen LogP) is 19.1. The van der Waals surface area contributed by atoms with Crippen LogP contribution < -0.4 is 0 Å². The summed E-state index contributed by atoms with van der Waals surface area (Å²) >= 11 is 0. The normalized spacial score (nSPS) is 12.1. The predicted molar refractivity (Wildman–Crippen MR) is 279 cm³/mol. The van der Waals surface area contributed by atoms with Crippen LogP contribution in [0.25, 0.3) is 0 Å².